The van der Waals surface area contributed by atoms with Crippen LogP contribution in [0.1, 0.15) is 36.0 Å². The highest BCUT2D eigenvalue weighted by atomic mass is 35.5. The van der Waals surface area contributed by atoms with Crippen molar-refractivity contribution < 1.29 is 9.53 Å². The number of pyridine rings is 1. The summed E-state index contributed by atoms with van der Waals surface area (Å²) in [5, 5.41) is 16.0. The molecule has 2 aliphatic rings. The van der Waals surface area contributed by atoms with Crippen LogP contribution in [0.15, 0.2) is 48.5 Å². The molecule has 35 heavy (non-hydrogen) atoms. The minimum absolute atomic E-state index is 0.0912. The van der Waals surface area contributed by atoms with Gasteiger partial charge in [-0.3, -0.25) is 4.79 Å². The molecule has 178 valence electrons. The molecule has 0 radical (unpaired) electrons. The van der Waals surface area contributed by atoms with E-state index in [1.165, 1.54) is 23.1 Å². The fraction of sp³-hybridized carbons (Fsp3) is 0.321. The number of nitrogens with zero attached hydrogens (tertiary/aromatic N) is 2. The molecule has 1 atom stereocenters. The monoisotopic (exact) mass is 486 g/mol. The first-order chi connectivity index (χ1) is 17.1. The zero-order valence-electron chi connectivity index (χ0n) is 19.4. The second-order valence-electron chi connectivity index (χ2n) is 9.01. The summed E-state index contributed by atoms with van der Waals surface area (Å²) in [5.74, 6) is 0.509. The third kappa shape index (κ3) is 5.02. The van der Waals surface area contributed by atoms with Crippen molar-refractivity contribution in [2.75, 3.05) is 13.2 Å². The Morgan fingerprint density at radius 2 is 1.91 bits per heavy atom. The number of carbonyl (C=O) groups excluding carboxylic acids is 1. The first-order valence-electron chi connectivity index (χ1n) is 12.0. The summed E-state index contributed by atoms with van der Waals surface area (Å²) in [5.41, 5.74) is 7.36. The van der Waals surface area contributed by atoms with E-state index in [1.807, 2.05) is 30.3 Å². The molecule has 3 aromatic rings. The van der Waals surface area contributed by atoms with Gasteiger partial charge in [0.2, 0.25) is 11.8 Å². The van der Waals surface area contributed by atoms with Gasteiger partial charge in [-0.05, 0) is 48.4 Å². The third-order valence-corrected chi connectivity index (χ3v) is 7.12. The molecule has 1 aliphatic heterocycles. The number of carbonyl (C=O) groups is 1. The van der Waals surface area contributed by atoms with Crippen molar-refractivity contribution in [3.05, 3.63) is 70.2 Å². The van der Waals surface area contributed by atoms with Gasteiger partial charge in [0.25, 0.3) is 0 Å². The molecule has 1 amide bonds. The van der Waals surface area contributed by atoms with Crippen LogP contribution in [0.5, 0.6) is 5.88 Å². The summed E-state index contributed by atoms with van der Waals surface area (Å²) in [6.45, 7) is 1.09. The van der Waals surface area contributed by atoms with Crippen LogP contribution >= 0.6 is 11.6 Å². The average molecular weight is 487 g/mol. The maximum atomic E-state index is 11.4. The van der Waals surface area contributed by atoms with Crippen molar-refractivity contribution in [2.24, 2.45) is 0 Å². The highest BCUT2D eigenvalue weighted by Crippen LogP contribution is 2.40. The summed E-state index contributed by atoms with van der Waals surface area (Å²) in [7, 11) is 0. The Hall–Kier alpha value is -3.40. The lowest BCUT2D eigenvalue weighted by molar-refractivity contribution is -0.119. The van der Waals surface area contributed by atoms with Gasteiger partial charge >= 0.3 is 0 Å². The van der Waals surface area contributed by atoms with Crippen LogP contribution in [0.2, 0.25) is 5.02 Å². The predicted molar refractivity (Wildman–Crippen MR) is 136 cm³/mol. The molecule has 5 rings (SSSR count). The number of rotatable bonds is 8. The summed E-state index contributed by atoms with van der Waals surface area (Å²) in [6, 6.07) is 18.5. The Balaban J connectivity index is 1.41. The molecule has 1 unspecified atom stereocenters. The lowest BCUT2D eigenvalue weighted by Crippen LogP contribution is -2.35. The summed E-state index contributed by atoms with van der Waals surface area (Å²) in [4.78, 5) is 16.2. The van der Waals surface area contributed by atoms with E-state index in [9.17, 15) is 4.79 Å². The highest BCUT2D eigenvalue weighted by molar-refractivity contribution is 6.36. The molecule has 7 heteroatoms. The van der Waals surface area contributed by atoms with Gasteiger partial charge in [0.15, 0.2) is 6.61 Å². The molecule has 0 saturated carbocycles. The van der Waals surface area contributed by atoms with E-state index in [0.29, 0.717) is 36.1 Å². The normalized spacial score (nSPS) is 16.6. The molecule has 1 aliphatic carbocycles. The largest absolute Gasteiger partial charge is 0.462 e. The Morgan fingerprint density at radius 1 is 1.09 bits per heavy atom. The van der Waals surface area contributed by atoms with Crippen LogP contribution in [-0.4, -0.2) is 30.1 Å². The van der Waals surface area contributed by atoms with Crippen molar-refractivity contribution in [3.8, 4) is 34.3 Å². The topological polar surface area (TPSA) is 87.0 Å². The zero-order valence-corrected chi connectivity index (χ0v) is 20.2. The van der Waals surface area contributed by atoms with E-state index < -0.39 is 0 Å². The second-order valence-corrected chi connectivity index (χ2v) is 9.38. The molecule has 0 spiro atoms. The number of halogens is 1. The van der Waals surface area contributed by atoms with Gasteiger partial charge in [0, 0.05) is 42.2 Å². The van der Waals surface area contributed by atoms with Crippen LogP contribution < -0.4 is 15.4 Å². The first-order valence-corrected chi connectivity index (χ1v) is 12.4. The molecule has 1 aromatic heterocycles. The molecule has 2 heterocycles. The molecular formula is C28H27ClN4O2. The Kier molecular flexibility index (Phi) is 6.98. The predicted octanol–water partition coefficient (Wildman–Crippen LogP) is 4.83. The Bertz CT molecular complexity index is 1300. The maximum absolute atomic E-state index is 11.4. The molecule has 1 saturated heterocycles. The number of nitriles is 1. The smallest absolute Gasteiger partial charge is 0.220 e. The zero-order chi connectivity index (χ0) is 24.2. The number of benzene rings is 2. The molecule has 0 bridgehead atoms. The van der Waals surface area contributed by atoms with Gasteiger partial charge in [-0.1, -0.05) is 54.1 Å². The maximum Gasteiger partial charge on any atom is 0.220 e. The average Bonchev–Trinajstić information content (AvgIpc) is 3.52. The quantitative estimate of drug-likeness (QED) is 0.476. The fourth-order valence-electron chi connectivity index (χ4n) is 5.00. The third-order valence-electron chi connectivity index (χ3n) is 6.71. The minimum atomic E-state index is -0.0912. The number of fused-ring (bicyclic) bond motifs is 1. The van der Waals surface area contributed by atoms with Gasteiger partial charge in [-0.25, -0.2) is 4.98 Å². The molecule has 2 aromatic carbocycles. The number of ether oxygens (including phenoxy) is 1. The van der Waals surface area contributed by atoms with E-state index in [2.05, 4.69) is 34.9 Å². The standard InChI is InChI=1S/C28H27ClN4O2/c29-27-23(22-7-2-5-18-4-1-6-21(18)22)8-3-9-24(27)25-12-10-19(28(33-25)35-15-14-30)16-31-17-20-11-13-26(34)32-20/h2-3,5,7-10,12,20,31H,1,4,6,11,13,15-17H2,(H,32,34). The highest BCUT2D eigenvalue weighted by Gasteiger charge is 2.21. The van der Waals surface area contributed by atoms with E-state index in [0.717, 1.165) is 36.0 Å². The lowest BCUT2D eigenvalue weighted by atomic mass is 9.95. The number of hydrogen-bond donors (Lipinski definition) is 2. The Morgan fingerprint density at radius 3 is 2.74 bits per heavy atom. The molecule has 6 nitrogen and oxygen atoms in total. The van der Waals surface area contributed by atoms with E-state index in [-0.39, 0.29) is 18.6 Å². The fourth-order valence-corrected chi connectivity index (χ4v) is 5.33. The van der Waals surface area contributed by atoms with Gasteiger partial charge in [-0.2, -0.15) is 5.26 Å². The molecule has 2 N–H and O–H groups in total. The van der Waals surface area contributed by atoms with Crippen LogP contribution in [0.25, 0.3) is 22.4 Å². The van der Waals surface area contributed by atoms with Crippen molar-refractivity contribution >= 4 is 17.5 Å². The van der Waals surface area contributed by atoms with Gasteiger partial charge in [0.05, 0.1) is 10.7 Å². The van der Waals surface area contributed by atoms with E-state index >= 15 is 0 Å². The van der Waals surface area contributed by atoms with Gasteiger partial charge in [0.1, 0.15) is 6.07 Å². The first kappa shape index (κ1) is 23.3. The number of nitrogens with one attached hydrogen (secondary N) is 2. The van der Waals surface area contributed by atoms with Crippen LogP contribution in [0.4, 0.5) is 0 Å². The van der Waals surface area contributed by atoms with Gasteiger partial charge in [-0.15, -0.1) is 0 Å². The van der Waals surface area contributed by atoms with Crippen molar-refractivity contribution in [1.82, 2.24) is 15.6 Å². The lowest BCUT2D eigenvalue weighted by Gasteiger charge is -2.16. The van der Waals surface area contributed by atoms with E-state index in [1.54, 1.807) is 0 Å². The number of amides is 1. The van der Waals surface area contributed by atoms with E-state index in [4.69, 9.17) is 26.6 Å². The minimum Gasteiger partial charge on any atom is -0.462 e. The second kappa shape index (κ2) is 10.5. The van der Waals surface area contributed by atoms with Crippen LogP contribution in [0, 0.1) is 11.3 Å². The number of aryl methyl sites for hydroxylation is 1. The molecular weight excluding hydrogens is 460 g/mol. The van der Waals surface area contributed by atoms with Crippen molar-refractivity contribution in [1.29, 1.82) is 5.26 Å². The van der Waals surface area contributed by atoms with Crippen molar-refractivity contribution in [2.45, 2.75) is 44.7 Å². The summed E-state index contributed by atoms with van der Waals surface area (Å²) < 4.78 is 5.68. The Labute approximate surface area is 210 Å². The summed E-state index contributed by atoms with van der Waals surface area (Å²) in [6.07, 6.45) is 4.77. The number of aromatic nitrogens is 1. The van der Waals surface area contributed by atoms with Crippen LogP contribution in [-0.2, 0) is 24.2 Å². The SMILES string of the molecule is N#CCOc1nc(-c2cccc(-c3cccc4c3CCC4)c2Cl)ccc1CNCC1CCC(=O)N1. The molecule has 1 fully saturated rings. The van der Waals surface area contributed by atoms with Crippen molar-refractivity contribution in [3.63, 3.8) is 0 Å². The van der Waals surface area contributed by atoms with Crippen LogP contribution in [0.3, 0.4) is 0 Å². The summed E-state index contributed by atoms with van der Waals surface area (Å²) >= 11 is 6.96. The number of hydrogen-bond acceptors (Lipinski definition) is 5. The van der Waals surface area contributed by atoms with Gasteiger partial charge < -0.3 is 15.4 Å².